The molecule has 0 saturated carbocycles. The zero-order chi connectivity index (χ0) is 21.2. The minimum absolute atomic E-state index is 0.0391. The second kappa shape index (κ2) is 8.90. The first-order valence-corrected chi connectivity index (χ1v) is 11.7. The Labute approximate surface area is 184 Å². The fraction of sp³-hybridized carbons (Fsp3) is 0.435. The van der Waals surface area contributed by atoms with Gasteiger partial charge in [0.25, 0.3) is 11.5 Å². The third-order valence-electron chi connectivity index (χ3n) is 6.11. The highest BCUT2D eigenvalue weighted by atomic mass is 32.1. The number of ether oxygens (including phenoxy) is 1. The summed E-state index contributed by atoms with van der Waals surface area (Å²) in [5.41, 5.74) is 1.83. The van der Waals surface area contributed by atoms with Crippen LogP contribution in [0.4, 0.5) is 0 Å². The average molecular weight is 439 g/mol. The summed E-state index contributed by atoms with van der Waals surface area (Å²) in [6, 6.07) is 9.37. The third kappa shape index (κ3) is 4.15. The van der Waals surface area contributed by atoms with Crippen LogP contribution in [0.3, 0.4) is 0 Å². The number of aromatic nitrogens is 2. The summed E-state index contributed by atoms with van der Waals surface area (Å²) in [7, 11) is 0. The number of benzene rings is 1. The van der Waals surface area contributed by atoms with E-state index in [-0.39, 0.29) is 11.5 Å². The van der Waals surface area contributed by atoms with Gasteiger partial charge in [-0.15, -0.1) is 11.3 Å². The highest BCUT2D eigenvalue weighted by Crippen LogP contribution is 2.32. The zero-order valence-corrected chi connectivity index (χ0v) is 18.3. The van der Waals surface area contributed by atoms with Crippen molar-refractivity contribution < 1.29 is 9.53 Å². The van der Waals surface area contributed by atoms with Gasteiger partial charge in [-0.3, -0.25) is 19.1 Å². The van der Waals surface area contributed by atoms with E-state index in [9.17, 15) is 9.59 Å². The monoisotopic (exact) mass is 438 g/mol. The van der Waals surface area contributed by atoms with Crippen LogP contribution in [0.5, 0.6) is 0 Å². The minimum atomic E-state index is 0.0391. The van der Waals surface area contributed by atoms with Gasteiger partial charge in [0.1, 0.15) is 4.83 Å². The third-order valence-corrected chi connectivity index (χ3v) is 7.24. The SMILES string of the molecule is O=C(c1ccccc1)N1CCc2c(sc3ncn(CCCN4CCOCC4)c(=O)c23)C1. The molecule has 31 heavy (non-hydrogen) atoms. The maximum absolute atomic E-state index is 13.2. The van der Waals surface area contributed by atoms with Crippen molar-refractivity contribution in [2.24, 2.45) is 0 Å². The summed E-state index contributed by atoms with van der Waals surface area (Å²) in [5, 5.41) is 0.751. The topological polar surface area (TPSA) is 67.7 Å². The van der Waals surface area contributed by atoms with E-state index in [2.05, 4.69) is 9.88 Å². The highest BCUT2D eigenvalue weighted by molar-refractivity contribution is 7.18. The quantitative estimate of drug-likeness (QED) is 0.612. The maximum atomic E-state index is 13.2. The van der Waals surface area contributed by atoms with Crippen LogP contribution in [-0.2, 0) is 24.2 Å². The fourth-order valence-electron chi connectivity index (χ4n) is 4.40. The molecule has 0 unspecified atom stereocenters. The normalized spacial score (nSPS) is 17.1. The number of nitrogens with zero attached hydrogens (tertiary/aromatic N) is 4. The molecule has 162 valence electrons. The van der Waals surface area contributed by atoms with Gasteiger partial charge in [0.05, 0.1) is 31.5 Å². The molecule has 8 heteroatoms. The zero-order valence-electron chi connectivity index (χ0n) is 17.5. The number of carbonyl (C=O) groups is 1. The Morgan fingerprint density at radius 1 is 1.10 bits per heavy atom. The van der Waals surface area contributed by atoms with Crippen LogP contribution in [0.2, 0.25) is 0 Å². The number of thiophene rings is 1. The fourth-order valence-corrected chi connectivity index (χ4v) is 5.60. The lowest BCUT2D eigenvalue weighted by Crippen LogP contribution is -2.37. The predicted molar refractivity (Wildman–Crippen MR) is 121 cm³/mol. The van der Waals surface area contributed by atoms with Crippen molar-refractivity contribution in [1.82, 2.24) is 19.4 Å². The van der Waals surface area contributed by atoms with E-state index in [1.807, 2.05) is 35.2 Å². The summed E-state index contributed by atoms with van der Waals surface area (Å²) >= 11 is 1.55. The van der Waals surface area contributed by atoms with Gasteiger partial charge in [-0.25, -0.2) is 4.98 Å². The number of rotatable bonds is 5. The molecule has 0 N–H and O–H groups in total. The van der Waals surface area contributed by atoms with E-state index < -0.39 is 0 Å². The molecular weight excluding hydrogens is 412 g/mol. The van der Waals surface area contributed by atoms with Crippen LogP contribution >= 0.6 is 11.3 Å². The van der Waals surface area contributed by atoms with E-state index >= 15 is 0 Å². The molecule has 4 heterocycles. The van der Waals surface area contributed by atoms with Gasteiger partial charge in [0, 0.05) is 43.2 Å². The van der Waals surface area contributed by atoms with Crippen molar-refractivity contribution in [1.29, 1.82) is 0 Å². The van der Waals surface area contributed by atoms with Crippen molar-refractivity contribution in [3.63, 3.8) is 0 Å². The molecule has 1 amide bonds. The Balaban J connectivity index is 1.32. The van der Waals surface area contributed by atoms with Gasteiger partial charge < -0.3 is 9.64 Å². The molecule has 7 nitrogen and oxygen atoms in total. The van der Waals surface area contributed by atoms with Crippen LogP contribution in [0.15, 0.2) is 41.5 Å². The lowest BCUT2D eigenvalue weighted by Gasteiger charge is -2.27. The number of hydrogen-bond donors (Lipinski definition) is 0. The summed E-state index contributed by atoms with van der Waals surface area (Å²) in [5.74, 6) is 0.0391. The largest absolute Gasteiger partial charge is 0.379 e. The lowest BCUT2D eigenvalue weighted by molar-refractivity contribution is 0.0369. The Morgan fingerprint density at radius 2 is 1.90 bits per heavy atom. The molecule has 1 fully saturated rings. The standard InChI is InChI=1S/C23H26N4O3S/c28-22(17-5-2-1-3-6-17)26-10-7-18-19(15-26)31-21-20(18)23(29)27(16-24-21)9-4-8-25-11-13-30-14-12-25/h1-3,5-6,16H,4,7-15H2. The Hall–Kier alpha value is -2.55. The van der Waals surface area contributed by atoms with Gasteiger partial charge in [0.2, 0.25) is 0 Å². The van der Waals surface area contributed by atoms with Crippen molar-refractivity contribution in [2.45, 2.75) is 25.9 Å². The average Bonchev–Trinajstić information content (AvgIpc) is 3.20. The van der Waals surface area contributed by atoms with Gasteiger partial charge in [0.15, 0.2) is 0 Å². The summed E-state index contributed by atoms with van der Waals surface area (Å²) in [6.45, 7) is 6.30. The molecule has 0 atom stereocenters. The first-order chi connectivity index (χ1) is 15.2. The highest BCUT2D eigenvalue weighted by Gasteiger charge is 2.27. The van der Waals surface area contributed by atoms with E-state index in [1.54, 1.807) is 22.2 Å². The number of morpholine rings is 1. The smallest absolute Gasteiger partial charge is 0.262 e. The molecule has 5 rings (SSSR count). The molecule has 0 spiro atoms. The van der Waals surface area contributed by atoms with E-state index in [0.29, 0.717) is 31.6 Å². The minimum Gasteiger partial charge on any atom is -0.379 e. The van der Waals surface area contributed by atoms with Crippen LogP contribution in [0.25, 0.3) is 10.2 Å². The molecule has 2 aliphatic rings. The molecule has 2 aromatic heterocycles. The lowest BCUT2D eigenvalue weighted by atomic mass is 10.0. The van der Waals surface area contributed by atoms with E-state index in [4.69, 9.17) is 4.74 Å². The van der Waals surface area contributed by atoms with Crippen LogP contribution in [-0.4, -0.2) is 64.7 Å². The second-order valence-corrected chi connectivity index (χ2v) is 9.16. The molecule has 3 aromatic rings. The van der Waals surface area contributed by atoms with Crippen LogP contribution in [0, 0.1) is 0 Å². The molecule has 1 saturated heterocycles. The molecule has 0 radical (unpaired) electrons. The maximum Gasteiger partial charge on any atom is 0.262 e. The first-order valence-electron chi connectivity index (χ1n) is 10.8. The van der Waals surface area contributed by atoms with E-state index in [0.717, 1.165) is 59.9 Å². The number of amides is 1. The second-order valence-electron chi connectivity index (χ2n) is 8.08. The summed E-state index contributed by atoms with van der Waals surface area (Å²) in [6.07, 6.45) is 3.29. The first kappa shape index (κ1) is 20.4. The number of carbonyl (C=O) groups excluding carboxylic acids is 1. The predicted octanol–water partition coefficient (Wildman–Crippen LogP) is 2.38. The Bertz CT molecular complexity index is 1130. The molecule has 0 aliphatic carbocycles. The molecule has 2 aliphatic heterocycles. The Kier molecular flexibility index (Phi) is 5.85. The van der Waals surface area contributed by atoms with Crippen LogP contribution in [0.1, 0.15) is 27.2 Å². The number of hydrogen-bond acceptors (Lipinski definition) is 6. The molecule has 0 bridgehead atoms. The van der Waals surface area contributed by atoms with Crippen molar-refractivity contribution in [3.8, 4) is 0 Å². The van der Waals surface area contributed by atoms with E-state index in [1.165, 1.54) is 0 Å². The van der Waals surface area contributed by atoms with Gasteiger partial charge in [-0.1, -0.05) is 18.2 Å². The van der Waals surface area contributed by atoms with Gasteiger partial charge >= 0.3 is 0 Å². The summed E-state index contributed by atoms with van der Waals surface area (Å²) < 4.78 is 7.14. The van der Waals surface area contributed by atoms with Gasteiger partial charge in [-0.2, -0.15) is 0 Å². The summed E-state index contributed by atoms with van der Waals surface area (Å²) in [4.78, 5) is 36.7. The van der Waals surface area contributed by atoms with Gasteiger partial charge in [-0.05, 0) is 30.5 Å². The Morgan fingerprint density at radius 3 is 2.71 bits per heavy atom. The molecular formula is C23H26N4O3S. The molecule has 1 aromatic carbocycles. The van der Waals surface area contributed by atoms with Crippen molar-refractivity contribution >= 4 is 27.5 Å². The van der Waals surface area contributed by atoms with Crippen molar-refractivity contribution in [2.75, 3.05) is 39.4 Å². The number of fused-ring (bicyclic) bond motifs is 3. The van der Waals surface area contributed by atoms with Crippen LogP contribution < -0.4 is 5.56 Å². The van der Waals surface area contributed by atoms with Crippen molar-refractivity contribution in [3.05, 3.63) is 63.0 Å². The number of aryl methyl sites for hydroxylation is 1.